The van der Waals surface area contributed by atoms with Crippen molar-refractivity contribution in [1.29, 1.82) is 0 Å². The predicted molar refractivity (Wildman–Crippen MR) is 88.2 cm³/mol. The maximum atomic E-state index is 6.71. The molecule has 0 aromatic heterocycles. The average Bonchev–Trinajstić information content (AvgIpc) is 2.61. The van der Waals surface area contributed by atoms with Crippen molar-refractivity contribution in [1.82, 2.24) is 0 Å². The third kappa shape index (κ3) is 3.98. The quantitative estimate of drug-likeness (QED) is 0.807. The van der Waals surface area contributed by atoms with Crippen LogP contribution < -0.4 is 10.5 Å². The van der Waals surface area contributed by atoms with Gasteiger partial charge in [-0.15, -0.1) is 0 Å². The molecular weight excluding hydrogens is 314 g/mol. The van der Waals surface area contributed by atoms with E-state index >= 15 is 0 Å². The molecule has 1 aliphatic carbocycles. The van der Waals surface area contributed by atoms with Gasteiger partial charge in [-0.25, -0.2) is 0 Å². The summed E-state index contributed by atoms with van der Waals surface area (Å²) in [5, 5.41) is 0. The fraction of sp³-hybridized carbons (Fsp3) is 0.647. The second kappa shape index (κ2) is 6.95. The summed E-state index contributed by atoms with van der Waals surface area (Å²) >= 11 is 3.55. The number of methoxy groups -OCH3 is 1. The number of benzene rings is 1. The highest BCUT2D eigenvalue weighted by Crippen LogP contribution is 2.35. The van der Waals surface area contributed by atoms with Gasteiger partial charge in [-0.1, -0.05) is 42.1 Å². The summed E-state index contributed by atoms with van der Waals surface area (Å²) in [6, 6.07) is 6.19. The van der Waals surface area contributed by atoms with Gasteiger partial charge in [0.15, 0.2) is 0 Å². The van der Waals surface area contributed by atoms with Gasteiger partial charge in [0, 0.05) is 10.0 Å². The molecule has 0 saturated heterocycles. The molecule has 20 heavy (non-hydrogen) atoms. The average molecular weight is 340 g/mol. The molecule has 3 heteroatoms. The van der Waals surface area contributed by atoms with E-state index < -0.39 is 0 Å². The molecule has 0 amide bonds. The first-order valence-corrected chi connectivity index (χ1v) is 8.47. The Morgan fingerprint density at radius 3 is 2.85 bits per heavy atom. The summed E-state index contributed by atoms with van der Waals surface area (Å²) in [4.78, 5) is 0. The molecular formula is C17H26BrNO. The predicted octanol–water partition coefficient (Wildman–Crippen LogP) is 4.69. The van der Waals surface area contributed by atoms with E-state index in [0.717, 1.165) is 35.4 Å². The molecule has 0 spiro atoms. The lowest BCUT2D eigenvalue weighted by atomic mass is 9.84. The summed E-state index contributed by atoms with van der Waals surface area (Å²) in [5.74, 6) is 1.82. The summed E-state index contributed by atoms with van der Waals surface area (Å²) in [5.41, 5.74) is 7.86. The molecule has 2 atom stereocenters. The molecule has 0 aliphatic heterocycles. The van der Waals surface area contributed by atoms with Crippen LogP contribution in [0, 0.1) is 5.92 Å². The van der Waals surface area contributed by atoms with Gasteiger partial charge in [-0.2, -0.15) is 0 Å². The topological polar surface area (TPSA) is 35.2 Å². The van der Waals surface area contributed by atoms with E-state index in [9.17, 15) is 0 Å². The van der Waals surface area contributed by atoms with Crippen molar-refractivity contribution in [3.05, 3.63) is 28.2 Å². The van der Waals surface area contributed by atoms with Crippen molar-refractivity contribution in [3.63, 3.8) is 0 Å². The smallest absolute Gasteiger partial charge is 0.122 e. The highest BCUT2D eigenvalue weighted by atomic mass is 79.9. The lowest BCUT2D eigenvalue weighted by Crippen LogP contribution is -2.41. The minimum Gasteiger partial charge on any atom is -0.496 e. The first kappa shape index (κ1) is 15.8. The molecule has 1 aromatic carbocycles. The van der Waals surface area contributed by atoms with Crippen LogP contribution in [0.25, 0.3) is 0 Å². The molecule has 2 nitrogen and oxygen atoms in total. The zero-order valence-corrected chi connectivity index (χ0v) is 14.2. The Morgan fingerprint density at radius 2 is 2.15 bits per heavy atom. The van der Waals surface area contributed by atoms with Crippen LogP contribution in [0.1, 0.15) is 51.0 Å². The van der Waals surface area contributed by atoms with Crippen LogP contribution in [-0.4, -0.2) is 12.6 Å². The minimum atomic E-state index is -0.0714. The second-order valence-electron chi connectivity index (χ2n) is 6.20. The summed E-state index contributed by atoms with van der Waals surface area (Å²) in [6.45, 7) is 2.30. The maximum absolute atomic E-state index is 6.71. The third-order valence-electron chi connectivity index (χ3n) is 4.70. The molecule has 2 unspecified atom stereocenters. The Hall–Kier alpha value is -0.540. The van der Waals surface area contributed by atoms with Gasteiger partial charge in [-0.3, -0.25) is 0 Å². The van der Waals surface area contributed by atoms with Gasteiger partial charge in [0.2, 0.25) is 0 Å². The molecule has 1 aromatic rings. The molecule has 0 radical (unpaired) electrons. The van der Waals surface area contributed by atoms with E-state index in [1.165, 1.54) is 31.2 Å². The number of hydrogen-bond acceptors (Lipinski definition) is 2. The van der Waals surface area contributed by atoms with Crippen LogP contribution in [0.4, 0.5) is 0 Å². The Balaban J connectivity index is 2.13. The zero-order valence-electron chi connectivity index (χ0n) is 12.6. The Labute approximate surface area is 131 Å². The molecule has 1 fully saturated rings. The summed E-state index contributed by atoms with van der Waals surface area (Å²) in [7, 11) is 1.73. The monoisotopic (exact) mass is 339 g/mol. The van der Waals surface area contributed by atoms with Gasteiger partial charge in [-0.05, 0) is 55.4 Å². The molecule has 2 N–H and O–H groups in total. The van der Waals surface area contributed by atoms with Crippen molar-refractivity contribution < 1.29 is 4.74 Å². The van der Waals surface area contributed by atoms with E-state index in [-0.39, 0.29) is 5.54 Å². The number of rotatable bonds is 4. The van der Waals surface area contributed by atoms with Crippen molar-refractivity contribution in [2.24, 2.45) is 11.7 Å². The van der Waals surface area contributed by atoms with Crippen LogP contribution >= 0.6 is 15.9 Å². The molecule has 0 heterocycles. The largest absolute Gasteiger partial charge is 0.496 e. The molecule has 1 saturated carbocycles. The summed E-state index contributed by atoms with van der Waals surface area (Å²) < 4.78 is 6.58. The normalized spacial score (nSPS) is 27.1. The van der Waals surface area contributed by atoms with Crippen LogP contribution in [-0.2, 0) is 6.42 Å². The van der Waals surface area contributed by atoms with Crippen molar-refractivity contribution in [2.75, 3.05) is 7.11 Å². The van der Waals surface area contributed by atoms with Crippen LogP contribution in [0.2, 0.25) is 0 Å². The maximum Gasteiger partial charge on any atom is 0.122 e. The van der Waals surface area contributed by atoms with E-state index in [4.69, 9.17) is 10.5 Å². The molecule has 0 bridgehead atoms. The van der Waals surface area contributed by atoms with Crippen molar-refractivity contribution >= 4 is 15.9 Å². The minimum absolute atomic E-state index is 0.0714. The van der Waals surface area contributed by atoms with Gasteiger partial charge in [0.25, 0.3) is 0 Å². The number of ether oxygens (including phenoxy) is 1. The van der Waals surface area contributed by atoms with Crippen LogP contribution in [0.5, 0.6) is 5.75 Å². The fourth-order valence-corrected chi connectivity index (χ4v) is 3.76. The summed E-state index contributed by atoms with van der Waals surface area (Å²) in [6.07, 6.45) is 8.31. The third-order valence-corrected chi connectivity index (χ3v) is 5.19. The lowest BCUT2D eigenvalue weighted by molar-refractivity contribution is 0.348. The van der Waals surface area contributed by atoms with Crippen molar-refractivity contribution in [3.8, 4) is 5.75 Å². The van der Waals surface area contributed by atoms with Crippen LogP contribution in [0.15, 0.2) is 22.7 Å². The van der Waals surface area contributed by atoms with Gasteiger partial charge in [0.05, 0.1) is 7.11 Å². The highest BCUT2D eigenvalue weighted by Gasteiger charge is 2.30. The Morgan fingerprint density at radius 1 is 1.35 bits per heavy atom. The van der Waals surface area contributed by atoms with Gasteiger partial charge >= 0.3 is 0 Å². The van der Waals surface area contributed by atoms with E-state index in [0.29, 0.717) is 0 Å². The van der Waals surface area contributed by atoms with E-state index in [1.54, 1.807) is 7.11 Å². The molecule has 1 aliphatic rings. The number of hydrogen-bond donors (Lipinski definition) is 1. The molecule has 2 rings (SSSR count). The fourth-order valence-electron chi connectivity index (χ4n) is 3.35. The first-order valence-electron chi connectivity index (χ1n) is 7.67. The Kier molecular flexibility index (Phi) is 5.50. The first-order chi connectivity index (χ1) is 9.56. The molecule has 112 valence electrons. The van der Waals surface area contributed by atoms with E-state index in [1.807, 2.05) is 12.1 Å². The number of halogens is 1. The second-order valence-corrected chi connectivity index (χ2v) is 7.12. The number of nitrogens with two attached hydrogens (primary N) is 1. The standard InChI is InChI=1S/C17H26BrNO/c1-3-13-5-4-9-17(19,10-8-13)12-14-11-15(18)6-7-16(14)20-2/h6-7,11,13H,3-5,8-10,12,19H2,1-2H3. The lowest BCUT2D eigenvalue weighted by Gasteiger charge is -2.29. The van der Waals surface area contributed by atoms with Crippen LogP contribution in [0.3, 0.4) is 0 Å². The zero-order chi connectivity index (χ0) is 14.6. The highest BCUT2D eigenvalue weighted by molar-refractivity contribution is 9.10. The van der Waals surface area contributed by atoms with Crippen molar-refractivity contribution in [2.45, 2.75) is 57.4 Å². The van der Waals surface area contributed by atoms with Gasteiger partial charge in [0.1, 0.15) is 5.75 Å². The van der Waals surface area contributed by atoms with E-state index in [2.05, 4.69) is 28.9 Å². The van der Waals surface area contributed by atoms with Gasteiger partial charge < -0.3 is 10.5 Å². The Bertz CT molecular complexity index is 449. The SMILES string of the molecule is CCC1CCCC(N)(Cc2cc(Br)ccc2OC)CC1.